The number of hydrogen-bond acceptors (Lipinski definition) is 8. The van der Waals surface area contributed by atoms with Crippen molar-refractivity contribution >= 4 is 42.9 Å². The molecule has 0 atom stereocenters. The Labute approximate surface area is 142 Å². The molecular weight excluding hydrogens is 348 g/mol. The smallest absolute Gasteiger partial charge is 0.376 e. The Balaban J connectivity index is 0. The zero-order valence-corrected chi connectivity index (χ0v) is 17.7. The van der Waals surface area contributed by atoms with Gasteiger partial charge in [-0.3, -0.25) is 0 Å². The van der Waals surface area contributed by atoms with Crippen molar-refractivity contribution in [1.29, 1.82) is 0 Å². The summed E-state index contributed by atoms with van der Waals surface area (Å²) < 4.78 is 31.4. The van der Waals surface area contributed by atoms with Crippen molar-refractivity contribution in [2.24, 2.45) is 0 Å². The highest BCUT2D eigenvalue weighted by Crippen LogP contribution is 2.11. The Morgan fingerprint density at radius 2 is 0.905 bits per heavy atom. The predicted molar refractivity (Wildman–Crippen MR) is 95.1 cm³/mol. The van der Waals surface area contributed by atoms with Crippen LogP contribution < -0.4 is 0 Å². The summed E-state index contributed by atoms with van der Waals surface area (Å²) in [6, 6.07) is 0. The van der Waals surface area contributed by atoms with Crippen molar-refractivity contribution in [3.05, 3.63) is 0 Å². The quantitative estimate of drug-likeness (QED) is 0.423. The summed E-state index contributed by atoms with van der Waals surface area (Å²) in [5, 5.41) is 1.05. The van der Waals surface area contributed by atoms with Gasteiger partial charge in [0, 0.05) is 41.2 Å². The molecule has 0 spiro atoms. The van der Waals surface area contributed by atoms with E-state index in [0.717, 1.165) is 0 Å². The van der Waals surface area contributed by atoms with Crippen molar-refractivity contribution in [2.45, 2.75) is 20.8 Å². The van der Waals surface area contributed by atoms with Gasteiger partial charge in [-0.15, -0.1) is 0 Å². The van der Waals surface area contributed by atoms with E-state index >= 15 is 0 Å². The molecule has 0 fully saturated rings. The first kappa shape index (κ1) is 24.2. The molecule has 130 valence electrons. The maximum absolute atomic E-state index is 5.48. The average molecular weight is 379 g/mol. The van der Waals surface area contributed by atoms with Crippen molar-refractivity contribution in [3.63, 3.8) is 0 Å². The fourth-order valence-electron chi connectivity index (χ4n) is 1.37. The molecule has 0 aromatic rings. The first-order valence-corrected chi connectivity index (χ1v) is 11.9. The van der Waals surface area contributed by atoms with Crippen LogP contribution >= 0.6 is 25.3 Å². The van der Waals surface area contributed by atoms with E-state index < -0.39 is 17.6 Å². The third-order valence-corrected chi connectivity index (χ3v) is 9.56. The molecule has 21 heavy (non-hydrogen) atoms. The van der Waals surface area contributed by atoms with E-state index in [1.807, 2.05) is 20.8 Å². The molecule has 0 N–H and O–H groups in total. The highest BCUT2D eigenvalue weighted by Gasteiger charge is 2.38. The molecule has 0 heterocycles. The molecule has 0 aromatic heterocycles. The van der Waals surface area contributed by atoms with Crippen LogP contribution in [-0.2, 0) is 26.6 Å². The van der Waals surface area contributed by atoms with Gasteiger partial charge in [-0.05, 0) is 20.8 Å². The topological polar surface area (TPSA) is 55.4 Å². The molecule has 0 aliphatic carbocycles. The van der Waals surface area contributed by atoms with Crippen LogP contribution in [0.15, 0.2) is 0 Å². The van der Waals surface area contributed by atoms with Crippen LogP contribution in [0, 0.1) is 0 Å². The monoisotopic (exact) mass is 378 g/mol. The first-order chi connectivity index (χ1) is 9.99. The van der Waals surface area contributed by atoms with Crippen molar-refractivity contribution < 1.29 is 26.6 Å². The Morgan fingerprint density at radius 1 is 0.619 bits per heavy atom. The van der Waals surface area contributed by atoms with E-state index in [-0.39, 0.29) is 0 Å². The van der Waals surface area contributed by atoms with Crippen LogP contribution in [0.3, 0.4) is 0 Å². The van der Waals surface area contributed by atoms with E-state index in [1.54, 1.807) is 21.3 Å². The van der Waals surface area contributed by atoms with Crippen LogP contribution in [-0.4, -0.2) is 69.5 Å². The lowest BCUT2D eigenvalue weighted by molar-refractivity contribution is 0.0774. The molecule has 0 saturated carbocycles. The molecule has 0 unspecified atom stereocenters. The van der Waals surface area contributed by atoms with Gasteiger partial charge in [0.15, 0.2) is 0 Å². The summed E-state index contributed by atoms with van der Waals surface area (Å²) in [6.45, 7) is 7.65. The fraction of sp³-hybridized carbons (Fsp3) is 1.00. The summed E-state index contributed by atoms with van der Waals surface area (Å²) in [4.78, 5) is 0. The van der Waals surface area contributed by atoms with Gasteiger partial charge in [0.2, 0.25) is 0 Å². The highest BCUT2D eigenvalue weighted by atomic mass is 32.1. The Kier molecular flexibility index (Phi) is 16.7. The van der Waals surface area contributed by atoms with Gasteiger partial charge in [-0.25, -0.2) is 0 Å². The lowest BCUT2D eigenvalue weighted by Gasteiger charge is -2.26. The van der Waals surface area contributed by atoms with Crippen molar-refractivity contribution in [2.75, 3.05) is 51.9 Å². The minimum Gasteiger partial charge on any atom is -0.376 e. The highest BCUT2D eigenvalue weighted by molar-refractivity contribution is 7.82. The number of thiol groups is 2. The largest absolute Gasteiger partial charge is 0.511 e. The zero-order chi connectivity index (χ0) is 16.8. The van der Waals surface area contributed by atoms with E-state index in [1.165, 1.54) is 0 Å². The predicted octanol–water partition coefficient (Wildman–Crippen LogP) is 1.84. The van der Waals surface area contributed by atoms with Crippen LogP contribution in [0.5, 0.6) is 0 Å². The van der Waals surface area contributed by atoms with Crippen LogP contribution in [0.2, 0.25) is 0 Å². The average Bonchev–Trinajstić information content (AvgIpc) is 2.51. The second kappa shape index (κ2) is 14.5. The molecule has 6 nitrogen and oxygen atoms in total. The van der Waals surface area contributed by atoms with E-state index in [4.69, 9.17) is 26.6 Å². The van der Waals surface area contributed by atoms with E-state index in [0.29, 0.717) is 30.6 Å². The van der Waals surface area contributed by atoms with Gasteiger partial charge in [-0.1, -0.05) is 0 Å². The molecule has 0 aliphatic rings. The van der Waals surface area contributed by atoms with Gasteiger partial charge in [0.05, 0.1) is 10.8 Å². The van der Waals surface area contributed by atoms with Crippen LogP contribution in [0.1, 0.15) is 20.8 Å². The lowest BCUT2D eigenvalue weighted by Crippen LogP contribution is -2.48. The summed E-state index contributed by atoms with van der Waals surface area (Å²) in [6.07, 6.45) is 0. The van der Waals surface area contributed by atoms with Gasteiger partial charge >= 0.3 is 17.6 Å². The molecule has 0 aliphatic heterocycles. The Morgan fingerprint density at radius 3 is 1.00 bits per heavy atom. The van der Waals surface area contributed by atoms with Gasteiger partial charge in [0.1, 0.15) is 0 Å². The summed E-state index contributed by atoms with van der Waals surface area (Å²) in [7, 11) is -0.0377. The first-order valence-electron chi connectivity index (χ1n) is 6.78. The van der Waals surface area contributed by atoms with Gasteiger partial charge in [-0.2, -0.15) is 25.3 Å². The second-order valence-corrected chi connectivity index (χ2v) is 10.9. The molecule has 0 saturated heterocycles. The number of rotatable bonds is 11. The van der Waals surface area contributed by atoms with Gasteiger partial charge < -0.3 is 26.6 Å². The fourth-order valence-corrected chi connectivity index (χ4v) is 6.08. The number of hydrogen-bond donors (Lipinski definition) is 2. The Bertz CT molecular complexity index is 200. The minimum absolute atomic E-state index is 0.510. The molecule has 0 radical (unpaired) electrons. The minimum atomic E-state index is -2.41. The SMILES string of the molecule is CCO[Si](CS)(OCC)OCC.CO[Si](CS)(OC)OC. The molecule has 10 heteroatoms. The molecular formula is C11H30O6S2Si2. The second-order valence-electron chi connectivity index (χ2n) is 3.59. The lowest BCUT2D eigenvalue weighted by atomic mass is 10.9. The zero-order valence-electron chi connectivity index (χ0n) is 13.9. The van der Waals surface area contributed by atoms with Gasteiger partial charge in [0.25, 0.3) is 0 Å². The maximum atomic E-state index is 5.48. The van der Waals surface area contributed by atoms with Crippen LogP contribution in [0.25, 0.3) is 0 Å². The molecule has 0 rings (SSSR count). The summed E-state index contributed by atoms with van der Waals surface area (Å²) in [5.41, 5.74) is 0. The van der Waals surface area contributed by atoms with Crippen molar-refractivity contribution in [3.8, 4) is 0 Å². The summed E-state index contributed by atoms with van der Waals surface area (Å²) >= 11 is 8.22. The van der Waals surface area contributed by atoms with E-state index in [2.05, 4.69) is 25.3 Å². The van der Waals surface area contributed by atoms with Crippen LogP contribution in [0.4, 0.5) is 0 Å². The molecule has 0 aromatic carbocycles. The molecule has 0 amide bonds. The summed E-state index contributed by atoms with van der Waals surface area (Å²) in [5.74, 6) is 0. The molecule has 0 bridgehead atoms. The normalized spacial score (nSPS) is 12.0. The van der Waals surface area contributed by atoms with Crippen molar-refractivity contribution in [1.82, 2.24) is 0 Å². The third kappa shape index (κ3) is 9.59. The van der Waals surface area contributed by atoms with E-state index in [9.17, 15) is 0 Å². The third-order valence-electron chi connectivity index (χ3n) is 2.41. The maximum Gasteiger partial charge on any atom is 0.511 e. The standard InChI is InChI=1S/C7H18O3SSi.C4H12O3SSi/c1-4-8-12(7-11,9-5-2)10-6-3;1-5-9(4-8,6-2)7-3/h11H,4-7H2,1-3H3;8H,4H2,1-3H3. The Hall–Kier alpha value is 0.894.